The Bertz CT molecular complexity index is 386. The Kier molecular flexibility index (Phi) is 5.03. The number of ether oxygens (including phenoxy) is 1. The van der Waals surface area contributed by atoms with Crippen LogP contribution in [0.25, 0.3) is 0 Å². The maximum absolute atomic E-state index is 6.26. The molecule has 0 spiro atoms. The summed E-state index contributed by atoms with van der Waals surface area (Å²) in [5, 5.41) is 8.67. The summed E-state index contributed by atoms with van der Waals surface area (Å²) in [6.45, 7) is 8.56. The van der Waals surface area contributed by atoms with Gasteiger partial charge in [0.2, 0.25) is 0 Å². The smallest absolute Gasteiger partial charge is 0.0860 e. The van der Waals surface area contributed by atoms with E-state index in [1.54, 1.807) is 0 Å². The number of halogens is 1. The van der Waals surface area contributed by atoms with Crippen LogP contribution in [0.4, 0.5) is 0 Å². The first-order valence-electron chi connectivity index (χ1n) is 6.72. The Hall–Kier alpha value is -0.580. The molecular weight excluding hydrogens is 250 g/mol. The van der Waals surface area contributed by atoms with Crippen LogP contribution in [0.2, 0.25) is 5.02 Å². The quantitative estimate of drug-likeness (QED) is 0.808. The van der Waals surface area contributed by atoms with Gasteiger partial charge in [-0.2, -0.15) is 5.10 Å². The fourth-order valence-corrected chi connectivity index (χ4v) is 2.56. The highest BCUT2D eigenvalue weighted by Gasteiger charge is 2.15. The first kappa shape index (κ1) is 13.8. The molecule has 1 aliphatic heterocycles. The summed E-state index contributed by atoms with van der Waals surface area (Å²) in [6, 6.07) is 0. The summed E-state index contributed by atoms with van der Waals surface area (Å²) in [5.41, 5.74) is 2.01. The van der Waals surface area contributed by atoms with Crippen LogP contribution >= 0.6 is 11.6 Å². The molecule has 2 heterocycles. The van der Waals surface area contributed by atoms with Gasteiger partial charge >= 0.3 is 0 Å². The van der Waals surface area contributed by atoms with Crippen molar-refractivity contribution in [1.29, 1.82) is 0 Å². The third kappa shape index (κ3) is 3.25. The molecule has 18 heavy (non-hydrogen) atoms. The third-order valence-electron chi connectivity index (χ3n) is 3.50. The van der Waals surface area contributed by atoms with Gasteiger partial charge in [-0.15, -0.1) is 0 Å². The number of nitrogens with one attached hydrogen (secondary N) is 1. The highest BCUT2D eigenvalue weighted by Crippen LogP contribution is 2.20. The number of nitrogens with zero attached hydrogens (tertiary/aromatic N) is 2. The van der Waals surface area contributed by atoms with Crippen molar-refractivity contribution in [2.45, 2.75) is 39.8 Å². The Morgan fingerprint density at radius 3 is 3.06 bits per heavy atom. The van der Waals surface area contributed by atoms with E-state index >= 15 is 0 Å². The molecule has 1 atom stereocenters. The van der Waals surface area contributed by atoms with Gasteiger partial charge in [-0.1, -0.05) is 11.6 Å². The zero-order valence-electron chi connectivity index (χ0n) is 11.2. The van der Waals surface area contributed by atoms with E-state index < -0.39 is 0 Å². The van der Waals surface area contributed by atoms with Gasteiger partial charge in [-0.25, -0.2) is 0 Å². The molecule has 0 bridgehead atoms. The maximum Gasteiger partial charge on any atom is 0.0860 e. The second-order valence-electron chi connectivity index (χ2n) is 4.86. The fourth-order valence-electron chi connectivity index (χ4n) is 2.36. The lowest BCUT2D eigenvalue weighted by atomic mass is 10.1. The zero-order chi connectivity index (χ0) is 13.0. The molecule has 1 aromatic rings. The Morgan fingerprint density at radius 2 is 2.39 bits per heavy atom. The molecule has 1 saturated heterocycles. The van der Waals surface area contributed by atoms with Gasteiger partial charge in [0.05, 0.1) is 16.4 Å². The van der Waals surface area contributed by atoms with Gasteiger partial charge in [-0.3, -0.25) is 4.68 Å². The van der Waals surface area contributed by atoms with Crippen molar-refractivity contribution in [2.75, 3.05) is 19.8 Å². The monoisotopic (exact) mass is 271 g/mol. The van der Waals surface area contributed by atoms with Gasteiger partial charge in [0, 0.05) is 26.3 Å². The Morgan fingerprint density at radius 1 is 1.56 bits per heavy atom. The van der Waals surface area contributed by atoms with Crippen LogP contribution in [0.15, 0.2) is 0 Å². The lowest BCUT2D eigenvalue weighted by Gasteiger charge is -2.10. The van der Waals surface area contributed by atoms with Gasteiger partial charge in [0.15, 0.2) is 0 Å². The third-order valence-corrected chi connectivity index (χ3v) is 3.99. The molecule has 0 aliphatic carbocycles. The normalized spacial score (nSPS) is 19.6. The number of hydrogen-bond acceptors (Lipinski definition) is 3. The summed E-state index contributed by atoms with van der Waals surface area (Å²) in [7, 11) is 0. The first-order chi connectivity index (χ1) is 8.72. The Balaban J connectivity index is 1.78. The van der Waals surface area contributed by atoms with Crippen molar-refractivity contribution < 1.29 is 4.74 Å². The van der Waals surface area contributed by atoms with Crippen LogP contribution in [-0.2, 0) is 17.8 Å². The van der Waals surface area contributed by atoms with Crippen molar-refractivity contribution in [3.8, 4) is 0 Å². The standard InChI is InChI=1S/C13H22ClN3O/c1-3-17-12(13(14)10(2)16-17)8-15-6-4-11-5-7-18-9-11/h11,15H,3-9H2,1-2H3. The molecule has 102 valence electrons. The van der Waals surface area contributed by atoms with Crippen molar-refractivity contribution in [2.24, 2.45) is 5.92 Å². The summed E-state index contributed by atoms with van der Waals surface area (Å²) in [4.78, 5) is 0. The van der Waals surface area contributed by atoms with E-state index in [9.17, 15) is 0 Å². The van der Waals surface area contributed by atoms with Gasteiger partial charge in [-0.05, 0) is 39.2 Å². The van der Waals surface area contributed by atoms with Crippen molar-refractivity contribution in [3.63, 3.8) is 0 Å². The van der Waals surface area contributed by atoms with Gasteiger partial charge in [0.25, 0.3) is 0 Å². The van der Waals surface area contributed by atoms with E-state index in [0.29, 0.717) is 0 Å². The topological polar surface area (TPSA) is 39.1 Å². The molecule has 0 saturated carbocycles. The molecule has 4 nitrogen and oxygen atoms in total. The largest absolute Gasteiger partial charge is 0.381 e. The first-order valence-corrected chi connectivity index (χ1v) is 7.10. The highest BCUT2D eigenvalue weighted by atomic mass is 35.5. The number of aromatic nitrogens is 2. The molecule has 1 aromatic heterocycles. The minimum atomic E-state index is 0.728. The predicted octanol–water partition coefficient (Wildman–Crippen LogP) is 2.38. The van der Waals surface area contributed by atoms with Crippen LogP contribution in [0, 0.1) is 12.8 Å². The maximum atomic E-state index is 6.26. The molecule has 1 fully saturated rings. The summed E-state index contributed by atoms with van der Waals surface area (Å²) in [5.74, 6) is 0.728. The highest BCUT2D eigenvalue weighted by molar-refractivity contribution is 6.31. The molecule has 1 aliphatic rings. The zero-order valence-corrected chi connectivity index (χ0v) is 12.0. The van der Waals surface area contributed by atoms with Gasteiger partial charge in [0.1, 0.15) is 0 Å². The van der Waals surface area contributed by atoms with E-state index in [4.69, 9.17) is 16.3 Å². The van der Waals surface area contributed by atoms with Crippen LogP contribution in [0.1, 0.15) is 31.2 Å². The van der Waals surface area contributed by atoms with Crippen molar-refractivity contribution in [3.05, 3.63) is 16.4 Å². The second-order valence-corrected chi connectivity index (χ2v) is 5.23. The molecular formula is C13H22ClN3O. The van der Waals surface area contributed by atoms with E-state index in [2.05, 4.69) is 17.3 Å². The minimum absolute atomic E-state index is 0.728. The molecule has 0 radical (unpaired) electrons. The summed E-state index contributed by atoms with van der Waals surface area (Å²) < 4.78 is 7.34. The van der Waals surface area contributed by atoms with Crippen molar-refractivity contribution >= 4 is 11.6 Å². The average Bonchev–Trinajstić information content (AvgIpc) is 2.96. The lowest BCUT2D eigenvalue weighted by Crippen LogP contribution is -2.20. The molecule has 0 amide bonds. The number of rotatable bonds is 6. The molecule has 2 rings (SSSR count). The minimum Gasteiger partial charge on any atom is -0.381 e. The number of aryl methyl sites for hydroxylation is 2. The van der Waals surface area contributed by atoms with Crippen molar-refractivity contribution in [1.82, 2.24) is 15.1 Å². The van der Waals surface area contributed by atoms with Gasteiger partial charge < -0.3 is 10.1 Å². The number of hydrogen-bond donors (Lipinski definition) is 1. The molecule has 1 unspecified atom stereocenters. The molecule has 5 heteroatoms. The van der Waals surface area contributed by atoms with E-state index in [1.165, 1.54) is 12.8 Å². The van der Waals surface area contributed by atoms with Crippen LogP contribution in [0.5, 0.6) is 0 Å². The fraction of sp³-hybridized carbons (Fsp3) is 0.769. The SMILES string of the molecule is CCn1nc(C)c(Cl)c1CNCCC1CCOC1. The summed E-state index contributed by atoms with van der Waals surface area (Å²) in [6.07, 6.45) is 2.38. The average molecular weight is 272 g/mol. The van der Waals surface area contributed by atoms with E-state index in [-0.39, 0.29) is 0 Å². The Labute approximate surface area is 114 Å². The summed E-state index contributed by atoms with van der Waals surface area (Å²) >= 11 is 6.26. The lowest BCUT2D eigenvalue weighted by molar-refractivity contribution is 0.184. The molecule has 0 aromatic carbocycles. The van der Waals surface area contributed by atoms with E-state index in [1.807, 2.05) is 11.6 Å². The van der Waals surface area contributed by atoms with Crippen LogP contribution in [-0.4, -0.2) is 29.5 Å². The predicted molar refractivity (Wildman–Crippen MR) is 72.9 cm³/mol. The second kappa shape index (κ2) is 6.55. The molecule has 1 N–H and O–H groups in total. The van der Waals surface area contributed by atoms with Crippen LogP contribution in [0.3, 0.4) is 0 Å². The van der Waals surface area contributed by atoms with Crippen LogP contribution < -0.4 is 5.32 Å². The van der Waals surface area contributed by atoms with E-state index in [0.717, 1.165) is 55.2 Å².